The Bertz CT molecular complexity index is 1060. The van der Waals surface area contributed by atoms with Crippen molar-refractivity contribution in [2.45, 2.75) is 51.5 Å². The van der Waals surface area contributed by atoms with Gasteiger partial charge in [-0.1, -0.05) is 18.6 Å². The normalized spacial score (nSPS) is 18.5. The first-order chi connectivity index (χ1) is 15.2. The zero-order valence-electron chi connectivity index (χ0n) is 18.2. The van der Waals surface area contributed by atoms with Crippen LogP contribution >= 0.6 is 0 Å². The highest BCUT2D eigenvalue weighted by Gasteiger charge is 2.27. The first kappa shape index (κ1) is 20.2. The lowest BCUT2D eigenvalue weighted by Gasteiger charge is -2.40. The number of carbonyl (C=O) groups is 1. The third-order valence-corrected chi connectivity index (χ3v) is 6.74. The molecule has 5 rings (SSSR count). The standard InChI is InChI=1S/C25H30N4O2/c1-18-26-17-24(31-18)19-5-6-20-16-27-22(14-21(20)13-19)15-25(30)29-11-7-23(8-12-29)28-9-3-2-4-10-28/h5-6,13-14,16-17,23H,2-4,7-12,15H2,1H3. The SMILES string of the molecule is Cc1ncc(-c2ccc3cnc(CC(=O)N4CCC(N5CCCCC5)CC4)cc3c2)o1. The molecule has 2 fully saturated rings. The molecule has 3 aromatic rings. The molecule has 0 spiro atoms. The molecule has 4 heterocycles. The van der Waals surface area contributed by atoms with Crippen molar-refractivity contribution in [2.75, 3.05) is 26.2 Å². The monoisotopic (exact) mass is 418 g/mol. The molecule has 2 saturated heterocycles. The van der Waals surface area contributed by atoms with Crippen LogP contribution in [0.25, 0.3) is 22.1 Å². The number of amides is 1. The van der Waals surface area contributed by atoms with Crippen LogP contribution in [0.1, 0.15) is 43.7 Å². The average Bonchev–Trinajstić information content (AvgIpc) is 3.25. The maximum atomic E-state index is 12.9. The van der Waals surface area contributed by atoms with E-state index in [4.69, 9.17) is 4.42 Å². The maximum Gasteiger partial charge on any atom is 0.228 e. The first-order valence-corrected chi connectivity index (χ1v) is 11.5. The summed E-state index contributed by atoms with van der Waals surface area (Å²) in [5.41, 5.74) is 1.80. The van der Waals surface area contributed by atoms with E-state index in [1.54, 1.807) is 6.20 Å². The summed E-state index contributed by atoms with van der Waals surface area (Å²) in [4.78, 5) is 26.3. The molecule has 0 bridgehead atoms. The molecule has 0 saturated carbocycles. The number of carbonyl (C=O) groups excluding carboxylic acids is 1. The lowest BCUT2D eigenvalue weighted by Crippen LogP contribution is -2.48. The predicted octanol–water partition coefficient (Wildman–Crippen LogP) is 4.22. The Morgan fingerprint density at radius 3 is 2.55 bits per heavy atom. The van der Waals surface area contributed by atoms with Gasteiger partial charge in [0.25, 0.3) is 0 Å². The van der Waals surface area contributed by atoms with Crippen LogP contribution in [-0.2, 0) is 11.2 Å². The fraction of sp³-hybridized carbons (Fsp3) is 0.480. The van der Waals surface area contributed by atoms with Gasteiger partial charge in [-0.25, -0.2) is 4.98 Å². The zero-order chi connectivity index (χ0) is 21.2. The van der Waals surface area contributed by atoms with E-state index < -0.39 is 0 Å². The molecule has 2 aliphatic rings. The Morgan fingerprint density at radius 1 is 1.00 bits per heavy atom. The van der Waals surface area contributed by atoms with Crippen LogP contribution in [0.2, 0.25) is 0 Å². The van der Waals surface area contributed by atoms with E-state index >= 15 is 0 Å². The van der Waals surface area contributed by atoms with Crippen molar-refractivity contribution in [2.24, 2.45) is 0 Å². The molecule has 0 unspecified atom stereocenters. The number of hydrogen-bond donors (Lipinski definition) is 0. The Kier molecular flexibility index (Phi) is 5.72. The van der Waals surface area contributed by atoms with Gasteiger partial charge in [0.15, 0.2) is 11.7 Å². The van der Waals surface area contributed by atoms with Gasteiger partial charge in [0.1, 0.15) is 0 Å². The summed E-state index contributed by atoms with van der Waals surface area (Å²) in [5.74, 6) is 1.59. The predicted molar refractivity (Wildman–Crippen MR) is 121 cm³/mol. The Hall–Kier alpha value is -2.73. The van der Waals surface area contributed by atoms with E-state index in [1.807, 2.05) is 36.2 Å². The maximum absolute atomic E-state index is 12.9. The molecule has 31 heavy (non-hydrogen) atoms. The van der Waals surface area contributed by atoms with Crippen molar-refractivity contribution in [3.05, 3.63) is 48.2 Å². The van der Waals surface area contributed by atoms with Gasteiger partial charge >= 0.3 is 0 Å². The van der Waals surface area contributed by atoms with Gasteiger partial charge in [0, 0.05) is 43.2 Å². The number of pyridine rings is 1. The highest BCUT2D eigenvalue weighted by molar-refractivity contribution is 5.87. The highest BCUT2D eigenvalue weighted by Crippen LogP contribution is 2.26. The van der Waals surface area contributed by atoms with E-state index in [0.29, 0.717) is 18.4 Å². The second-order valence-electron chi connectivity index (χ2n) is 8.87. The van der Waals surface area contributed by atoms with Gasteiger partial charge in [-0.2, -0.15) is 0 Å². The number of likely N-dealkylation sites (tertiary alicyclic amines) is 2. The molecule has 1 aromatic carbocycles. The molecular formula is C25H30N4O2. The molecule has 6 heteroatoms. The Morgan fingerprint density at radius 2 is 1.81 bits per heavy atom. The number of hydrogen-bond acceptors (Lipinski definition) is 5. The lowest BCUT2D eigenvalue weighted by atomic mass is 9.99. The minimum absolute atomic E-state index is 0.186. The third kappa shape index (κ3) is 4.49. The number of aromatic nitrogens is 2. The van der Waals surface area contributed by atoms with Gasteiger partial charge in [-0.05, 0) is 56.3 Å². The molecule has 0 radical (unpaired) electrons. The summed E-state index contributed by atoms with van der Waals surface area (Å²) in [6.07, 6.45) is 10.2. The second kappa shape index (κ2) is 8.79. The van der Waals surface area contributed by atoms with Crippen LogP contribution in [0, 0.1) is 6.92 Å². The van der Waals surface area contributed by atoms with Gasteiger partial charge in [0.2, 0.25) is 5.91 Å². The van der Waals surface area contributed by atoms with Crippen molar-refractivity contribution >= 4 is 16.7 Å². The van der Waals surface area contributed by atoms with Gasteiger partial charge in [0.05, 0.1) is 18.3 Å². The number of rotatable bonds is 4. The molecule has 6 nitrogen and oxygen atoms in total. The van der Waals surface area contributed by atoms with Crippen LogP contribution in [0.4, 0.5) is 0 Å². The number of nitrogens with zero attached hydrogens (tertiary/aromatic N) is 4. The fourth-order valence-corrected chi connectivity index (χ4v) is 4.96. The quantitative estimate of drug-likeness (QED) is 0.635. The van der Waals surface area contributed by atoms with E-state index in [9.17, 15) is 4.79 Å². The molecule has 0 atom stereocenters. The van der Waals surface area contributed by atoms with E-state index in [-0.39, 0.29) is 5.91 Å². The van der Waals surface area contributed by atoms with E-state index in [2.05, 4.69) is 20.9 Å². The van der Waals surface area contributed by atoms with Crippen LogP contribution in [-0.4, -0.2) is 57.9 Å². The van der Waals surface area contributed by atoms with E-state index in [1.165, 1.54) is 32.4 Å². The summed E-state index contributed by atoms with van der Waals surface area (Å²) in [6.45, 7) is 6.03. The number of fused-ring (bicyclic) bond motifs is 1. The van der Waals surface area contributed by atoms with Crippen LogP contribution in [0.5, 0.6) is 0 Å². The summed E-state index contributed by atoms with van der Waals surface area (Å²) in [7, 11) is 0. The van der Waals surface area contributed by atoms with Gasteiger partial charge in [-0.15, -0.1) is 0 Å². The Labute approximate surface area is 183 Å². The molecular weight excluding hydrogens is 388 g/mol. The zero-order valence-corrected chi connectivity index (χ0v) is 18.2. The number of piperidine rings is 2. The van der Waals surface area contributed by atoms with Gasteiger partial charge < -0.3 is 14.2 Å². The molecule has 162 valence electrons. The number of benzene rings is 1. The number of oxazole rings is 1. The molecule has 2 aliphatic heterocycles. The fourth-order valence-electron chi connectivity index (χ4n) is 4.96. The van der Waals surface area contributed by atoms with Crippen LogP contribution < -0.4 is 0 Å². The summed E-state index contributed by atoms with van der Waals surface area (Å²) in [6, 6.07) is 8.81. The van der Waals surface area contributed by atoms with E-state index in [0.717, 1.165) is 53.7 Å². The summed E-state index contributed by atoms with van der Waals surface area (Å²) >= 11 is 0. The third-order valence-electron chi connectivity index (χ3n) is 6.74. The highest BCUT2D eigenvalue weighted by atomic mass is 16.4. The first-order valence-electron chi connectivity index (χ1n) is 11.5. The smallest absolute Gasteiger partial charge is 0.228 e. The molecule has 1 amide bonds. The van der Waals surface area contributed by atoms with Gasteiger partial charge in [-0.3, -0.25) is 9.78 Å². The topological polar surface area (TPSA) is 62.5 Å². The van der Waals surface area contributed by atoms with Crippen LogP contribution in [0.3, 0.4) is 0 Å². The summed E-state index contributed by atoms with van der Waals surface area (Å²) in [5, 5.41) is 2.12. The number of aryl methyl sites for hydroxylation is 1. The van der Waals surface area contributed by atoms with Crippen LogP contribution in [0.15, 0.2) is 41.1 Å². The van der Waals surface area contributed by atoms with Crippen molar-refractivity contribution in [3.63, 3.8) is 0 Å². The largest absolute Gasteiger partial charge is 0.441 e. The minimum Gasteiger partial charge on any atom is -0.441 e. The van der Waals surface area contributed by atoms with Crippen molar-refractivity contribution in [1.29, 1.82) is 0 Å². The molecule has 2 aromatic heterocycles. The molecule has 0 N–H and O–H groups in total. The Balaban J connectivity index is 1.24. The van der Waals surface area contributed by atoms with Crippen molar-refractivity contribution in [3.8, 4) is 11.3 Å². The second-order valence-corrected chi connectivity index (χ2v) is 8.87. The lowest BCUT2D eigenvalue weighted by molar-refractivity contribution is -0.132. The minimum atomic E-state index is 0.186. The molecule has 0 aliphatic carbocycles. The summed E-state index contributed by atoms with van der Waals surface area (Å²) < 4.78 is 5.65. The average molecular weight is 419 g/mol. The van der Waals surface area contributed by atoms with Crippen molar-refractivity contribution < 1.29 is 9.21 Å². The van der Waals surface area contributed by atoms with Crippen molar-refractivity contribution in [1.82, 2.24) is 19.8 Å².